The van der Waals surface area contributed by atoms with Gasteiger partial charge in [-0.2, -0.15) is 0 Å². The van der Waals surface area contributed by atoms with Crippen LogP contribution in [0, 0.1) is 0 Å². The number of aryl methyl sites for hydroxylation is 1. The van der Waals surface area contributed by atoms with Crippen molar-refractivity contribution in [2.24, 2.45) is 0 Å². The Bertz CT molecular complexity index is 1040. The Morgan fingerprint density at radius 2 is 1.96 bits per heavy atom. The molecule has 0 fully saturated rings. The van der Waals surface area contributed by atoms with Crippen molar-refractivity contribution in [2.75, 3.05) is 11.9 Å². The van der Waals surface area contributed by atoms with Crippen molar-refractivity contribution in [1.82, 2.24) is 14.5 Å². The fraction of sp³-hybridized carbons (Fsp3) is 0.222. The van der Waals surface area contributed by atoms with E-state index in [1.807, 2.05) is 37.3 Å². The quantitative estimate of drug-likeness (QED) is 0.785. The largest absolute Gasteiger partial charge is 0.329 e. The van der Waals surface area contributed by atoms with Gasteiger partial charge in [-0.25, -0.2) is 9.78 Å². The number of rotatable bonds is 4. The number of anilines is 1. The molecule has 25 heavy (non-hydrogen) atoms. The van der Waals surface area contributed by atoms with Crippen molar-refractivity contribution >= 4 is 22.6 Å². The fourth-order valence-corrected chi connectivity index (χ4v) is 2.68. The third kappa shape index (κ3) is 3.08. The van der Waals surface area contributed by atoms with Crippen molar-refractivity contribution < 1.29 is 4.79 Å². The van der Waals surface area contributed by atoms with Crippen molar-refractivity contribution in [2.45, 2.75) is 19.9 Å². The van der Waals surface area contributed by atoms with Gasteiger partial charge in [-0.3, -0.25) is 19.1 Å². The van der Waals surface area contributed by atoms with E-state index >= 15 is 0 Å². The molecule has 0 aliphatic heterocycles. The van der Waals surface area contributed by atoms with E-state index < -0.39 is 11.2 Å². The van der Waals surface area contributed by atoms with E-state index in [0.717, 1.165) is 12.1 Å². The first-order chi connectivity index (χ1) is 12.0. The molecule has 1 amide bonds. The minimum Gasteiger partial charge on any atom is -0.311 e. The maximum absolute atomic E-state index is 12.7. The molecule has 128 valence electrons. The summed E-state index contributed by atoms with van der Waals surface area (Å²) >= 11 is 0. The molecule has 0 saturated heterocycles. The number of hydrogen-bond donors (Lipinski definition) is 1. The van der Waals surface area contributed by atoms with Gasteiger partial charge in [0.25, 0.3) is 11.5 Å². The lowest BCUT2D eigenvalue weighted by atomic mass is 10.2. The number of carbonyl (C=O) groups excluding carboxylic acids is 1. The summed E-state index contributed by atoms with van der Waals surface area (Å²) < 4.78 is 1.41. The number of nitrogens with one attached hydrogen (secondary N) is 1. The first kappa shape index (κ1) is 16.6. The average Bonchev–Trinajstić information content (AvgIpc) is 2.64. The minimum atomic E-state index is -0.545. The molecule has 0 saturated carbocycles. The van der Waals surface area contributed by atoms with Gasteiger partial charge in [-0.1, -0.05) is 25.1 Å². The van der Waals surface area contributed by atoms with Crippen molar-refractivity contribution in [3.05, 3.63) is 69.0 Å². The van der Waals surface area contributed by atoms with Gasteiger partial charge < -0.3 is 4.90 Å². The second kappa shape index (κ2) is 6.72. The monoisotopic (exact) mass is 338 g/mol. The highest BCUT2D eigenvalue weighted by molar-refractivity contribution is 6.06. The smallest absolute Gasteiger partial charge is 0.311 e. The molecule has 0 bridgehead atoms. The van der Waals surface area contributed by atoms with E-state index in [1.54, 1.807) is 7.05 Å². The van der Waals surface area contributed by atoms with Crippen LogP contribution in [0.25, 0.3) is 11.0 Å². The molecule has 0 radical (unpaired) electrons. The van der Waals surface area contributed by atoms with Crippen LogP contribution in [-0.4, -0.2) is 27.5 Å². The SMILES string of the molecule is CCCn1c(=O)[nH]c(=O)c2cc(C(=O)N(C)c3ccccc3)cnc21. The Morgan fingerprint density at radius 1 is 1.24 bits per heavy atom. The highest BCUT2D eigenvalue weighted by Crippen LogP contribution is 2.16. The van der Waals surface area contributed by atoms with Crippen LogP contribution in [-0.2, 0) is 6.54 Å². The number of fused-ring (bicyclic) bond motifs is 1. The Morgan fingerprint density at radius 3 is 2.64 bits per heavy atom. The number of hydrogen-bond acceptors (Lipinski definition) is 4. The zero-order chi connectivity index (χ0) is 18.0. The lowest BCUT2D eigenvalue weighted by molar-refractivity contribution is 0.0993. The highest BCUT2D eigenvalue weighted by Gasteiger charge is 2.16. The molecule has 2 heterocycles. The Hall–Kier alpha value is -3.22. The maximum atomic E-state index is 12.7. The highest BCUT2D eigenvalue weighted by atomic mass is 16.2. The molecule has 0 spiro atoms. The molecule has 0 aliphatic rings. The fourth-order valence-electron chi connectivity index (χ4n) is 2.68. The molecule has 7 nitrogen and oxygen atoms in total. The lowest BCUT2D eigenvalue weighted by Crippen LogP contribution is -2.31. The number of aromatic amines is 1. The van der Waals surface area contributed by atoms with Crippen LogP contribution in [0.4, 0.5) is 5.69 Å². The summed E-state index contributed by atoms with van der Waals surface area (Å²) in [7, 11) is 1.66. The molecule has 1 N–H and O–H groups in total. The molecule has 0 unspecified atom stereocenters. The molecule has 7 heteroatoms. The number of pyridine rings is 1. The van der Waals surface area contributed by atoms with Gasteiger partial charge in [0.2, 0.25) is 0 Å². The molecule has 2 aromatic heterocycles. The zero-order valence-corrected chi connectivity index (χ0v) is 14.0. The minimum absolute atomic E-state index is 0.223. The summed E-state index contributed by atoms with van der Waals surface area (Å²) in [5, 5.41) is 0.223. The number of carbonyl (C=O) groups is 1. The van der Waals surface area contributed by atoms with E-state index in [-0.39, 0.29) is 22.5 Å². The van der Waals surface area contributed by atoms with Crippen molar-refractivity contribution in [3.8, 4) is 0 Å². The molecule has 0 aliphatic carbocycles. The Labute approximate surface area is 143 Å². The normalized spacial score (nSPS) is 10.8. The summed E-state index contributed by atoms with van der Waals surface area (Å²) in [6, 6.07) is 10.7. The van der Waals surface area contributed by atoms with Crippen LogP contribution in [0.2, 0.25) is 0 Å². The number of nitrogens with zero attached hydrogens (tertiary/aromatic N) is 3. The van der Waals surface area contributed by atoms with E-state index in [4.69, 9.17) is 0 Å². The number of aromatic nitrogens is 3. The molecule has 1 aromatic carbocycles. The summed E-state index contributed by atoms with van der Waals surface area (Å²) in [6.07, 6.45) is 2.12. The first-order valence-electron chi connectivity index (χ1n) is 7.99. The standard InChI is InChI=1S/C18H18N4O3/c1-3-9-22-15-14(16(23)20-18(22)25)10-12(11-19-15)17(24)21(2)13-7-5-4-6-8-13/h4-8,10-11H,3,9H2,1-2H3,(H,20,23,25). The number of H-pyrrole nitrogens is 1. The third-order valence-corrected chi connectivity index (χ3v) is 3.97. The summed E-state index contributed by atoms with van der Waals surface area (Å²) in [4.78, 5) is 44.7. The van der Waals surface area contributed by atoms with Crippen LogP contribution in [0.3, 0.4) is 0 Å². The predicted octanol–water partition coefficient (Wildman–Crippen LogP) is 1.77. The number of para-hydroxylation sites is 1. The second-order valence-corrected chi connectivity index (χ2v) is 5.71. The van der Waals surface area contributed by atoms with Crippen LogP contribution < -0.4 is 16.1 Å². The molecular weight excluding hydrogens is 320 g/mol. The summed E-state index contributed by atoms with van der Waals surface area (Å²) in [5.74, 6) is -0.284. The summed E-state index contributed by atoms with van der Waals surface area (Å²) in [6.45, 7) is 2.37. The topological polar surface area (TPSA) is 88.1 Å². The van der Waals surface area contributed by atoms with Crippen molar-refractivity contribution in [1.29, 1.82) is 0 Å². The second-order valence-electron chi connectivity index (χ2n) is 5.71. The third-order valence-electron chi connectivity index (χ3n) is 3.97. The molecule has 0 atom stereocenters. The van der Waals surface area contributed by atoms with Gasteiger partial charge in [0.15, 0.2) is 0 Å². The number of amides is 1. The molecular formula is C18H18N4O3. The predicted molar refractivity (Wildman–Crippen MR) is 96.1 cm³/mol. The van der Waals surface area contributed by atoms with Gasteiger partial charge in [0, 0.05) is 25.5 Å². The van der Waals surface area contributed by atoms with Gasteiger partial charge in [-0.05, 0) is 24.6 Å². The van der Waals surface area contributed by atoms with Crippen LogP contribution >= 0.6 is 0 Å². The van der Waals surface area contributed by atoms with Crippen molar-refractivity contribution in [3.63, 3.8) is 0 Å². The lowest BCUT2D eigenvalue weighted by Gasteiger charge is -2.17. The Kier molecular flexibility index (Phi) is 4.47. The summed E-state index contributed by atoms with van der Waals surface area (Å²) in [5.41, 5.74) is 0.266. The van der Waals surface area contributed by atoms with Gasteiger partial charge in [-0.15, -0.1) is 0 Å². The van der Waals surface area contributed by atoms with Gasteiger partial charge in [0.05, 0.1) is 10.9 Å². The van der Waals surface area contributed by atoms with Crippen LogP contribution in [0.5, 0.6) is 0 Å². The Balaban J connectivity index is 2.09. The van der Waals surface area contributed by atoms with Crippen LogP contribution in [0.1, 0.15) is 23.7 Å². The van der Waals surface area contributed by atoms with Crippen LogP contribution in [0.15, 0.2) is 52.2 Å². The average molecular weight is 338 g/mol. The van der Waals surface area contributed by atoms with E-state index in [9.17, 15) is 14.4 Å². The zero-order valence-electron chi connectivity index (χ0n) is 14.0. The first-order valence-corrected chi connectivity index (χ1v) is 7.99. The van der Waals surface area contributed by atoms with E-state index in [0.29, 0.717) is 6.54 Å². The van der Waals surface area contributed by atoms with E-state index in [1.165, 1.54) is 21.7 Å². The maximum Gasteiger partial charge on any atom is 0.329 e. The van der Waals surface area contributed by atoms with Gasteiger partial charge >= 0.3 is 5.69 Å². The molecule has 3 rings (SSSR count). The van der Waals surface area contributed by atoms with Gasteiger partial charge in [0.1, 0.15) is 5.65 Å². The number of benzene rings is 1. The van der Waals surface area contributed by atoms with E-state index in [2.05, 4.69) is 9.97 Å². The molecule has 3 aromatic rings.